The molecular weight excluding hydrogens is 246 g/mol. The van der Waals surface area contributed by atoms with Crippen molar-refractivity contribution in [2.45, 2.75) is 19.6 Å². The molecule has 0 heterocycles. The number of benzene rings is 1. The second-order valence-electron chi connectivity index (χ2n) is 3.96. The van der Waals surface area contributed by atoms with Crippen LogP contribution in [0.4, 0.5) is 5.69 Å². The molecule has 0 bridgehead atoms. The SMILES string of the molecule is CCC(=O)N(CC(OC)OC)c1ccc(OC)cc1. The van der Waals surface area contributed by atoms with Crippen molar-refractivity contribution in [3.05, 3.63) is 24.3 Å². The Labute approximate surface area is 114 Å². The van der Waals surface area contributed by atoms with E-state index in [2.05, 4.69) is 0 Å². The third-order valence-corrected chi connectivity index (χ3v) is 2.85. The lowest BCUT2D eigenvalue weighted by Gasteiger charge is -2.26. The van der Waals surface area contributed by atoms with Crippen molar-refractivity contribution in [1.29, 1.82) is 0 Å². The molecule has 1 amide bonds. The number of carbonyl (C=O) groups is 1. The number of carbonyl (C=O) groups excluding carboxylic acids is 1. The van der Waals surface area contributed by atoms with Gasteiger partial charge in [-0.05, 0) is 24.3 Å². The normalized spacial score (nSPS) is 10.6. The Kier molecular flexibility index (Phi) is 6.32. The Hall–Kier alpha value is -1.59. The molecule has 0 aliphatic heterocycles. The summed E-state index contributed by atoms with van der Waals surface area (Å²) in [6, 6.07) is 7.32. The van der Waals surface area contributed by atoms with E-state index in [-0.39, 0.29) is 5.91 Å². The van der Waals surface area contributed by atoms with Crippen LogP contribution < -0.4 is 9.64 Å². The van der Waals surface area contributed by atoms with E-state index in [9.17, 15) is 4.79 Å². The lowest BCUT2D eigenvalue weighted by molar-refractivity contribution is -0.122. The number of hydrogen-bond donors (Lipinski definition) is 0. The van der Waals surface area contributed by atoms with Crippen LogP contribution >= 0.6 is 0 Å². The molecule has 0 N–H and O–H groups in total. The minimum atomic E-state index is -0.447. The Balaban J connectivity index is 2.91. The summed E-state index contributed by atoms with van der Waals surface area (Å²) in [4.78, 5) is 13.7. The molecule has 106 valence electrons. The van der Waals surface area contributed by atoms with E-state index < -0.39 is 6.29 Å². The molecule has 1 rings (SSSR count). The lowest BCUT2D eigenvalue weighted by atomic mass is 10.2. The Bertz CT molecular complexity index is 387. The van der Waals surface area contributed by atoms with Crippen molar-refractivity contribution >= 4 is 11.6 Å². The van der Waals surface area contributed by atoms with Crippen molar-refractivity contribution in [3.63, 3.8) is 0 Å². The molecule has 5 nitrogen and oxygen atoms in total. The molecule has 0 aliphatic rings. The topological polar surface area (TPSA) is 48.0 Å². The highest BCUT2D eigenvalue weighted by Crippen LogP contribution is 2.20. The van der Waals surface area contributed by atoms with Gasteiger partial charge in [-0.25, -0.2) is 0 Å². The quantitative estimate of drug-likeness (QED) is 0.709. The fourth-order valence-corrected chi connectivity index (χ4v) is 1.70. The van der Waals surface area contributed by atoms with Gasteiger partial charge in [0, 0.05) is 26.3 Å². The average Bonchev–Trinajstić information content (AvgIpc) is 2.48. The first-order valence-corrected chi connectivity index (χ1v) is 6.16. The van der Waals surface area contributed by atoms with Crippen LogP contribution in [0.2, 0.25) is 0 Å². The summed E-state index contributed by atoms with van der Waals surface area (Å²) in [7, 11) is 4.71. The van der Waals surface area contributed by atoms with Gasteiger partial charge in [-0.15, -0.1) is 0 Å². The molecule has 0 saturated heterocycles. The van der Waals surface area contributed by atoms with Crippen molar-refractivity contribution in [2.24, 2.45) is 0 Å². The average molecular weight is 267 g/mol. The smallest absolute Gasteiger partial charge is 0.226 e. The summed E-state index contributed by atoms with van der Waals surface area (Å²) in [6.45, 7) is 2.18. The summed E-state index contributed by atoms with van der Waals surface area (Å²) in [5.74, 6) is 0.770. The van der Waals surface area contributed by atoms with E-state index in [1.165, 1.54) is 0 Å². The van der Waals surface area contributed by atoms with Crippen LogP contribution in [-0.4, -0.2) is 40.1 Å². The largest absolute Gasteiger partial charge is 0.497 e. The number of amides is 1. The highest BCUT2D eigenvalue weighted by atomic mass is 16.7. The van der Waals surface area contributed by atoms with Crippen LogP contribution in [0.5, 0.6) is 5.75 Å². The van der Waals surface area contributed by atoms with Gasteiger partial charge < -0.3 is 19.1 Å². The van der Waals surface area contributed by atoms with Gasteiger partial charge in [0.25, 0.3) is 0 Å². The van der Waals surface area contributed by atoms with Gasteiger partial charge in [-0.3, -0.25) is 4.79 Å². The van der Waals surface area contributed by atoms with Crippen molar-refractivity contribution in [2.75, 3.05) is 32.8 Å². The van der Waals surface area contributed by atoms with Crippen LogP contribution in [0.1, 0.15) is 13.3 Å². The number of rotatable bonds is 7. The minimum Gasteiger partial charge on any atom is -0.497 e. The van der Waals surface area contributed by atoms with Gasteiger partial charge in [0.2, 0.25) is 5.91 Å². The first-order chi connectivity index (χ1) is 9.15. The van der Waals surface area contributed by atoms with Crippen LogP contribution in [0.3, 0.4) is 0 Å². The molecule has 1 aromatic carbocycles. The van der Waals surface area contributed by atoms with Gasteiger partial charge in [0.15, 0.2) is 6.29 Å². The zero-order valence-electron chi connectivity index (χ0n) is 11.9. The van der Waals surface area contributed by atoms with Crippen molar-refractivity contribution in [1.82, 2.24) is 0 Å². The van der Waals surface area contributed by atoms with Crippen LogP contribution in [0, 0.1) is 0 Å². The molecule has 5 heteroatoms. The Morgan fingerprint density at radius 3 is 2.16 bits per heavy atom. The van der Waals surface area contributed by atoms with E-state index >= 15 is 0 Å². The fourth-order valence-electron chi connectivity index (χ4n) is 1.70. The third kappa shape index (κ3) is 4.22. The molecule has 0 atom stereocenters. The molecule has 0 aliphatic carbocycles. The fraction of sp³-hybridized carbons (Fsp3) is 0.500. The number of hydrogen-bond acceptors (Lipinski definition) is 4. The summed E-state index contributed by atoms with van der Waals surface area (Å²) < 4.78 is 15.4. The van der Waals surface area contributed by atoms with Crippen LogP contribution in [0.25, 0.3) is 0 Å². The molecule has 1 aromatic rings. The zero-order valence-corrected chi connectivity index (χ0v) is 11.9. The van der Waals surface area contributed by atoms with E-state index in [4.69, 9.17) is 14.2 Å². The minimum absolute atomic E-state index is 0.0178. The first kappa shape index (κ1) is 15.5. The molecule has 0 fully saturated rings. The molecule has 0 unspecified atom stereocenters. The second kappa shape index (κ2) is 7.76. The summed E-state index contributed by atoms with van der Waals surface area (Å²) in [5.41, 5.74) is 0.798. The van der Waals surface area contributed by atoms with Gasteiger partial charge >= 0.3 is 0 Å². The second-order valence-corrected chi connectivity index (χ2v) is 3.96. The number of anilines is 1. The van der Waals surface area contributed by atoms with E-state index in [0.717, 1.165) is 11.4 Å². The van der Waals surface area contributed by atoms with Crippen molar-refractivity contribution < 1.29 is 19.0 Å². The highest BCUT2D eigenvalue weighted by Gasteiger charge is 2.19. The molecular formula is C14H21NO4. The maximum Gasteiger partial charge on any atom is 0.226 e. The maximum absolute atomic E-state index is 12.0. The number of nitrogens with zero attached hydrogens (tertiary/aromatic N) is 1. The summed E-state index contributed by atoms with van der Waals surface area (Å²) >= 11 is 0. The molecule has 0 radical (unpaired) electrons. The number of methoxy groups -OCH3 is 3. The first-order valence-electron chi connectivity index (χ1n) is 6.16. The van der Waals surface area contributed by atoms with Crippen molar-refractivity contribution in [3.8, 4) is 5.75 Å². The predicted molar refractivity (Wildman–Crippen MR) is 73.4 cm³/mol. The van der Waals surface area contributed by atoms with Crippen LogP contribution in [0.15, 0.2) is 24.3 Å². The van der Waals surface area contributed by atoms with Gasteiger partial charge in [0.1, 0.15) is 5.75 Å². The van der Waals surface area contributed by atoms with E-state index in [1.807, 2.05) is 31.2 Å². The monoisotopic (exact) mass is 267 g/mol. The number of ether oxygens (including phenoxy) is 3. The molecule has 19 heavy (non-hydrogen) atoms. The molecule has 0 spiro atoms. The Morgan fingerprint density at radius 2 is 1.74 bits per heavy atom. The summed E-state index contributed by atoms with van der Waals surface area (Å²) in [6.07, 6.45) is -0.0239. The predicted octanol–water partition coefficient (Wildman–Crippen LogP) is 2.06. The summed E-state index contributed by atoms with van der Waals surface area (Å²) in [5, 5.41) is 0. The molecule has 0 aromatic heterocycles. The lowest BCUT2D eigenvalue weighted by Crippen LogP contribution is -2.38. The van der Waals surface area contributed by atoms with E-state index in [1.54, 1.807) is 26.2 Å². The van der Waals surface area contributed by atoms with E-state index in [0.29, 0.717) is 13.0 Å². The third-order valence-electron chi connectivity index (χ3n) is 2.85. The standard InChI is InChI=1S/C14H21NO4/c1-5-13(16)15(10-14(18-3)19-4)11-6-8-12(17-2)9-7-11/h6-9,14H,5,10H2,1-4H3. The highest BCUT2D eigenvalue weighted by molar-refractivity contribution is 5.93. The van der Waals surface area contributed by atoms with Crippen LogP contribution in [-0.2, 0) is 14.3 Å². The van der Waals surface area contributed by atoms with Gasteiger partial charge in [-0.1, -0.05) is 6.92 Å². The van der Waals surface area contributed by atoms with Gasteiger partial charge in [-0.2, -0.15) is 0 Å². The van der Waals surface area contributed by atoms with Gasteiger partial charge in [0.05, 0.1) is 13.7 Å². The zero-order chi connectivity index (χ0) is 14.3. The Morgan fingerprint density at radius 1 is 1.16 bits per heavy atom. The molecule has 0 saturated carbocycles. The maximum atomic E-state index is 12.0.